The molecule has 0 rings (SSSR count). The Bertz CT molecular complexity index is 205. The Balaban J connectivity index is 3.95. The van der Waals surface area contributed by atoms with E-state index in [1.807, 2.05) is 0 Å². The number of esters is 1. The first-order valence-electron chi connectivity index (χ1n) is 4.00. The zero-order valence-corrected chi connectivity index (χ0v) is 8.13. The molecule has 0 aliphatic carbocycles. The van der Waals surface area contributed by atoms with Crippen molar-refractivity contribution in [3.05, 3.63) is 12.2 Å². The number of carbonyl (C=O) groups is 1. The van der Waals surface area contributed by atoms with Gasteiger partial charge in [-0.2, -0.15) is 0 Å². The lowest BCUT2D eigenvalue weighted by Crippen LogP contribution is -2.26. The number of rotatable bonds is 4. The summed E-state index contributed by atoms with van der Waals surface area (Å²) in [6.45, 7) is 7.40. The van der Waals surface area contributed by atoms with Crippen molar-refractivity contribution in [2.45, 2.75) is 39.2 Å². The minimum Gasteiger partial charge on any atom is -0.459 e. The molecule has 0 saturated carbocycles. The van der Waals surface area contributed by atoms with Gasteiger partial charge in [0.05, 0.1) is 0 Å². The molecule has 4 heteroatoms. The quantitative estimate of drug-likeness (QED) is 0.540. The van der Waals surface area contributed by atoms with Crippen LogP contribution in [0.1, 0.15) is 27.2 Å². The largest absolute Gasteiger partial charge is 0.459 e. The Kier molecular flexibility index (Phi) is 4.07. The van der Waals surface area contributed by atoms with Gasteiger partial charge in [0.2, 0.25) is 5.85 Å². The van der Waals surface area contributed by atoms with Crippen molar-refractivity contribution >= 4 is 5.97 Å². The van der Waals surface area contributed by atoms with Crippen molar-refractivity contribution in [3.8, 4) is 0 Å². The number of hydrogen-bond acceptors (Lipinski definition) is 3. The summed E-state index contributed by atoms with van der Waals surface area (Å²) in [5.74, 6) is -2.88. The van der Waals surface area contributed by atoms with Gasteiger partial charge in [0, 0.05) is 12.0 Å². The van der Waals surface area contributed by atoms with Crippen LogP contribution in [0.15, 0.2) is 12.2 Å². The molecule has 0 spiro atoms. The molecule has 0 saturated heterocycles. The van der Waals surface area contributed by atoms with Gasteiger partial charge in [-0.15, -0.1) is 0 Å². The molecule has 3 nitrogen and oxygen atoms in total. The molecule has 0 aliphatic heterocycles. The van der Waals surface area contributed by atoms with Crippen LogP contribution in [-0.4, -0.2) is 23.0 Å². The molecule has 0 aromatic rings. The molecule has 76 valence electrons. The zero-order chi connectivity index (χ0) is 10.6. The lowest BCUT2D eigenvalue weighted by molar-refractivity contribution is -0.151. The highest BCUT2D eigenvalue weighted by atomic mass is 19.2. The monoisotopic (exact) mass is 190 g/mol. The van der Waals surface area contributed by atoms with Gasteiger partial charge < -0.3 is 9.84 Å². The molecule has 0 amide bonds. The van der Waals surface area contributed by atoms with E-state index >= 15 is 0 Å². The summed E-state index contributed by atoms with van der Waals surface area (Å²) in [4.78, 5) is 10.9. The SMILES string of the molecule is C=C(C)C(=O)OC(C)CC(C)(O)F. The summed E-state index contributed by atoms with van der Waals surface area (Å²) in [6.07, 6.45) is -0.907. The summed E-state index contributed by atoms with van der Waals surface area (Å²) < 4.78 is 17.4. The van der Waals surface area contributed by atoms with E-state index in [1.165, 1.54) is 13.8 Å². The fourth-order valence-electron chi connectivity index (χ4n) is 0.850. The fourth-order valence-corrected chi connectivity index (χ4v) is 0.850. The van der Waals surface area contributed by atoms with Crippen molar-refractivity contribution < 1.29 is 19.0 Å². The number of alkyl halides is 1. The van der Waals surface area contributed by atoms with Gasteiger partial charge in [-0.25, -0.2) is 9.18 Å². The molecule has 0 fully saturated rings. The number of aliphatic hydroxyl groups is 1. The molecule has 0 bridgehead atoms. The summed E-state index contributed by atoms with van der Waals surface area (Å²) >= 11 is 0. The second-order valence-corrected chi connectivity index (χ2v) is 3.34. The van der Waals surface area contributed by atoms with E-state index < -0.39 is 17.9 Å². The van der Waals surface area contributed by atoms with Crippen LogP contribution in [0.25, 0.3) is 0 Å². The summed E-state index contributed by atoms with van der Waals surface area (Å²) in [5.41, 5.74) is 0.255. The summed E-state index contributed by atoms with van der Waals surface area (Å²) in [6, 6.07) is 0. The molecule has 0 aromatic carbocycles. The number of halogens is 1. The standard InChI is InChI=1S/C9H15FO3/c1-6(2)8(11)13-7(3)5-9(4,10)12/h7,12H,1,5H2,2-4H3. The average Bonchev–Trinajstić information content (AvgIpc) is 1.81. The molecule has 2 unspecified atom stereocenters. The van der Waals surface area contributed by atoms with Gasteiger partial charge >= 0.3 is 5.97 Å². The van der Waals surface area contributed by atoms with Crippen LogP contribution in [0.3, 0.4) is 0 Å². The van der Waals surface area contributed by atoms with E-state index in [0.717, 1.165) is 6.92 Å². The topological polar surface area (TPSA) is 46.5 Å². The minimum absolute atomic E-state index is 0.244. The highest BCUT2D eigenvalue weighted by molar-refractivity contribution is 5.87. The van der Waals surface area contributed by atoms with Gasteiger partial charge in [-0.1, -0.05) is 6.58 Å². The molecule has 0 aliphatic rings. The van der Waals surface area contributed by atoms with Crippen LogP contribution in [0.2, 0.25) is 0 Å². The van der Waals surface area contributed by atoms with Crippen LogP contribution < -0.4 is 0 Å². The molecule has 0 aromatic heterocycles. The van der Waals surface area contributed by atoms with Crippen LogP contribution in [0, 0.1) is 0 Å². The van der Waals surface area contributed by atoms with Gasteiger partial charge in [-0.3, -0.25) is 0 Å². The number of carbonyl (C=O) groups excluding carboxylic acids is 1. The third kappa shape index (κ3) is 6.28. The fraction of sp³-hybridized carbons (Fsp3) is 0.667. The Hall–Kier alpha value is -0.900. The smallest absolute Gasteiger partial charge is 0.333 e. The number of ether oxygens (including phenoxy) is 1. The lowest BCUT2D eigenvalue weighted by Gasteiger charge is -2.18. The van der Waals surface area contributed by atoms with Crippen molar-refractivity contribution in [2.24, 2.45) is 0 Å². The van der Waals surface area contributed by atoms with Crippen molar-refractivity contribution in [1.29, 1.82) is 0 Å². The highest BCUT2D eigenvalue weighted by Crippen LogP contribution is 2.15. The second kappa shape index (κ2) is 4.37. The van der Waals surface area contributed by atoms with E-state index in [9.17, 15) is 9.18 Å². The Morgan fingerprint density at radius 1 is 1.77 bits per heavy atom. The Labute approximate surface area is 77.2 Å². The van der Waals surface area contributed by atoms with Gasteiger partial charge in [0.1, 0.15) is 6.10 Å². The molecule has 13 heavy (non-hydrogen) atoms. The molecule has 2 atom stereocenters. The maximum Gasteiger partial charge on any atom is 0.333 e. The first-order chi connectivity index (χ1) is 5.72. The summed E-state index contributed by atoms with van der Waals surface area (Å²) in [7, 11) is 0. The molecular formula is C9H15FO3. The first kappa shape index (κ1) is 12.1. The van der Waals surface area contributed by atoms with Gasteiger partial charge in [0.15, 0.2) is 0 Å². The highest BCUT2D eigenvalue weighted by Gasteiger charge is 2.24. The molecule has 0 heterocycles. The van der Waals surface area contributed by atoms with Crippen LogP contribution in [0.5, 0.6) is 0 Å². The van der Waals surface area contributed by atoms with Crippen LogP contribution in [0.4, 0.5) is 4.39 Å². The predicted octanol–water partition coefficient (Wildman–Crippen LogP) is 1.56. The molecule has 0 radical (unpaired) electrons. The second-order valence-electron chi connectivity index (χ2n) is 3.34. The van der Waals surface area contributed by atoms with Crippen molar-refractivity contribution in [2.75, 3.05) is 0 Å². The predicted molar refractivity (Wildman–Crippen MR) is 46.7 cm³/mol. The normalized spacial score (nSPS) is 17.3. The lowest BCUT2D eigenvalue weighted by atomic mass is 10.2. The maximum absolute atomic E-state index is 12.6. The van der Waals surface area contributed by atoms with Crippen LogP contribution in [-0.2, 0) is 9.53 Å². The summed E-state index contributed by atoms with van der Waals surface area (Å²) in [5, 5.41) is 8.76. The first-order valence-corrected chi connectivity index (χ1v) is 4.00. The minimum atomic E-state index is -2.31. The average molecular weight is 190 g/mol. The van der Waals surface area contributed by atoms with Crippen molar-refractivity contribution in [3.63, 3.8) is 0 Å². The third-order valence-corrected chi connectivity index (χ3v) is 1.32. The Morgan fingerprint density at radius 3 is 2.54 bits per heavy atom. The zero-order valence-electron chi connectivity index (χ0n) is 8.13. The van der Waals surface area contributed by atoms with E-state index in [0.29, 0.717) is 0 Å². The van der Waals surface area contributed by atoms with E-state index in [-0.39, 0.29) is 12.0 Å². The number of hydrogen-bond donors (Lipinski definition) is 1. The van der Waals surface area contributed by atoms with Crippen molar-refractivity contribution in [1.82, 2.24) is 0 Å². The third-order valence-electron chi connectivity index (χ3n) is 1.32. The van der Waals surface area contributed by atoms with E-state index in [2.05, 4.69) is 6.58 Å². The molecule has 1 N–H and O–H groups in total. The van der Waals surface area contributed by atoms with E-state index in [4.69, 9.17) is 9.84 Å². The molecular weight excluding hydrogens is 175 g/mol. The van der Waals surface area contributed by atoms with Crippen LogP contribution >= 0.6 is 0 Å². The van der Waals surface area contributed by atoms with E-state index in [1.54, 1.807) is 0 Å². The van der Waals surface area contributed by atoms with Gasteiger partial charge in [0.25, 0.3) is 0 Å². The van der Waals surface area contributed by atoms with Gasteiger partial charge in [-0.05, 0) is 20.8 Å². The Morgan fingerprint density at radius 2 is 2.23 bits per heavy atom. The maximum atomic E-state index is 12.6.